The zero-order chi connectivity index (χ0) is 20.5. The molecule has 6 nitrogen and oxygen atoms in total. The fraction of sp³-hybridized carbons (Fsp3) is 0.273. The number of fused-ring (bicyclic) bond motifs is 1. The molecule has 0 radical (unpaired) electrons. The standard InChI is InChI=1S/C22H22ClFN6/c23-20-2-1-18(24)9-16(20)12-27-29-8-5-21-22(29)10-15(11-26-21)17-13-28-30(14-17)19-3-6-25-7-4-19/h1-2,5,8-11,13-14,19,25,27H,3-4,6-7,12H2. The highest BCUT2D eigenvalue weighted by molar-refractivity contribution is 6.31. The Morgan fingerprint density at radius 3 is 2.87 bits per heavy atom. The summed E-state index contributed by atoms with van der Waals surface area (Å²) in [7, 11) is 0. The first kappa shape index (κ1) is 19.1. The van der Waals surface area contributed by atoms with E-state index in [4.69, 9.17) is 11.6 Å². The Kier molecular flexibility index (Phi) is 5.14. The molecule has 1 aliphatic heterocycles. The molecule has 1 fully saturated rings. The first-order valence-electron chi connectivity index (χ1n) is 10.1. The number of hydrogen-bond donors (Lipinski definition) is 2. The van der Waals surface area contributed by atoms with Gasteiger partial charge in [0.1, 0.15) is 5.82 Å². The van der Waals surface area contributed by atoms with Crippen LogP contribution in [0.15, 0.2) is 55.1 Å². The van der Waals surface area contributed by atoms with Crippen molar-refractivity contribution in [1.82, 2.24) is 24.8 Å². The minimum atomic E-state index is -0.303. The van der Waals surface area contributed by atoms with Crippen LogP contribution in [0.5, 0.6) is 0 Å². The van der Waals surface area contributed by atoms with Crippen molar-refractivity contribution in [2.45, 2.75) is 25.4 Å². The van der Waals surface area contributed by atoms with Gasteiger partial charge in [0.2, 0.25) is 0 Å². The summed E-state index contributed by atoms with van der Waals surface area (Å²) >= 11 is 6.18. The van der Waals surface area contributed by atoms with Crippen molar-refractivity contribution >= 4 is 22.6 Å². The molecule has 1 aromatic carbocycles. The van der Waals surface area contributed by atoms with Crippen molar-refractivity contribution in [3.8, 4) is 11.1 Å². The van der Waals surface area contributed by atoms with Crippen LogP contribution in [-0.4, -0.2) is 32.5 Å². The van der Waals surface area contributed by atoms with Gasteiger partial charge in [-0.1, -0.05) is 11.6 Å². The molecule has 3 aromatic heterocycles. The van der Waals surface area contributed by atoms with E-state index in [1.54, 1.807) is 6.07 Å². The van der Waals surface area contributed by atoms with Crippen LogP contribution in [0.25, 0.3) is 22.2 Å². The van der Waals surface area contributed by atoms with E-state index in [-0.39, 0.29) is 5.82 Å². The number of rotatable bonds is 5. The second-order valence-corrected chi connectivity index (χ2v) is 7.98. The summed E-state index contributed by atoms with van der Waals surface area (Å²) in [5, 5.41) is 8.51. The Hall–Kier alpha value is -2.90. The Morgan fingerprint density at radius 2 is 2.00 bits per heavy atom. The van der Waals surface area contributed by atoms with Gasteiger partial charge in [-0.2, -0.15) is 5.10 Å². The Morgan fingerprint density at radius 1 is 1.13 bits per heavy atom. The van der Waals surface area contributed by atoms with Gasteiger partial charge in [0, 0.05) is 34.7 Å². The average molecular weight is 425 g/mol. The van der Waals surface area contributed by atoms with Crippen LogP contribution in [-0.2, 0) is 6.54 Å². The lowest BCUT2D eigenvalue weighted by molar-refractivity contribution is 0.343. The van der Waals surface area contributed by atoms with Crippen molar-refractivity contribution in [1.29, 1.82) is 0 Å². The van der Waals surface area contributed by atoms with Gasteiger partial charge in [0.25, 0.3) is 0 Å². The van der Waals surface area contributed by atoms with Gasteiger partial charge in [-0.3, -0.25) is 14.3 Å². The fourth-order valence-corrected chi connectivity index (χ4v) is 4.10. The number of hydrogen-bond acceptors (Lipinski definition) is 4. The van der Waals surface area contributed by atoms with Crippen LogP contribution in [0.4, 0.5) is 4.39 Å². The van der Waals surface area contributed by atoms with Crippen LogP contribution in [0.1, 0.15) is 24.4 Å². The molecular weight excluding hydrogens is 403 g/mol. The van der Waals surface area contributed by atoms with Crippen molar-refractivity contribution in [2.24, 2.45) is 0 Å². The van der Waals surface area contributed by atoms with Crippen LogP contribution in [0.2, 0.25) is 5.02 Å². The monoisotopic (exact) mass is 424 g/mol. The van der Waals surface area contributed by atoms with Crippen molar-refractivity contribution in [3.63, 3.8) is 0 Å². The molecule has 0 saturated carbocycles. The number of nitrogens with zero attached hydrogens (tertiary/aromatic N) is 4. The smallest absolute Gasteiger partial charge is 0.123 e. The number of halogens is 2. The topological polar surface area (TPSA) is 59.7 Å². The lowest BCUT2D eigenvalue weighted by Crippen LogP contribution is -2.29. The van der Waals surface area contributed by atoms with Crippen molar-refractivity contribution < 1.29 is 4.39 Å². The molecule has 0 aliphatic carbocycles. The second kappa shape index (κ2) is 8.08. The molecule has 0 bridgehead atoms. The van der Waals surface area contributed by atoms with Crippen molar-refractivity contribution in [2.75, 3.05) is 18.5 Å². The minimum absolute atomic E-state index is 0.303. The minimum Gasteiger partial charge on any atom is -0.321 e. The SMILES string of the molecule is Fc1ccc(Cl)c(CNn2ccc3ncc(-c4cnn(C5CCNCC5)c4)cc32)c1. The molecule has 2 N–H and O–H groups in total. The van der Waals surface area contributed by atoms with Gasteiger partial charge in [-0.15, -0.1) is 0 Å². The molecule has 0 atom stereocenters. The maximum atomic E-state index is 13.5. The van der Waals surface area contributed by atoms with Gasteiger partial charge >= 0.3 is 0 Å². The lowest BCUT2D eigenvalue weighted by atomic mass is 10.1. The van der Waals surface area contributed by atoms with E-state index in [0.717, 1.165) is 48.1 Å². The first-order valence-corrected chi connectivity index (χ1v) is 10.5. The predicted octanol–water partition coefficient (Wildman–Crippen LogP) is 4.36. The molecule has 8 heteroatoms. The highest BCUT2D eigenvalue weighted by Gasteiger charge is 2.16. The molecule has 30 heavy (non-hydrogen) atoms. The fourth-order valence-electron chi connectivity index (χ4n) is 3.91. The number of nitrogens with one attached hydrogen (secondary N) is 2. The van der Waals surface area contributed by atoms with Crippen LogP contribution >= 0.6 is 11.6 Å². The van der Waals surface area contributed by atoms with E-state index in [9.17, 15) is 4.39 Å². The predicted molar refractivity (Wildman–Crippen MR) is 117 cm³/mol. The molecule has 0 unspecified atom stereocenters. The quantitative estimate of drug-likeness (QED) is 0.499. The number of benzene rings is 1. The third-order valence-corrected chi connectivity index (χ3v) is 5.97. The molecule has 154 valence electrons. The summed E-state index contributed by atoms with van der Waals surface area (Å²) in [5.41, 5.74) is 7.85. The van der Waals surface area contributed by atoms with Crippen molar-refractivity contribution in [3.05, 3.63) is 71.5 Å². The Bertz CT molecular complexity index is 1180. The number of pyridine rings is 1. The Labute approximate surface area is 178 Å². The molecule has 4 heterocycles. The highest BCUT2D eigenvalue weighted by atomic mass is 35.5. The van der Waals surface area contributed by atoms with Crippen LogP contribution < -0.4 is 10.7 Å². The Balaban J connectivity index is 1.39. The zero-order valence-electron chi connectivity index (χ0n) is 16.4. The normalized spacial score (nSPS) is 15.0. The summed E-state index contributed by atoms with van der Waals surface area (Å²) in [4.78, 5) is 4.59. The summed E-state index contributed by atoms with van der Waals surface area (Å²) in [6.45, 7) is 2.46. The summed E-state index contributed by atoms with van der Waals surface area (Å²) in [6, 6.07) is 8.85. The van der Waals surface area contributed by atoms with Gasteiger partial charge in [0.15, 0.2) is 0 Å². The van der Waals surface area contributed by atoms with Gasteiger partial charge < -0.3 is 10.7 Å². The third-order valence-electron chi connectivity index (χ3n) is 5.60. The van der Waals surface area contributed by atoms with Crippen LogP contribution in [0.3, 0.4) is 0 Å². The molecule has 0 amide bonds. The average Bonchev–Trinajstić information content (AvgIpc) is 3.42. The van der Waals surface area contributed by atoms with Gasteiger partial charge in [-0.25, -0.2) is 4.39 Å². The number of piperidine rings is 1. The molecule has 1 aliphatic rings. The maximum Gasteiger partial charge on any atom is 0.123 e. The van der Waals surface area contributed by atoms with Gasteiger partial charge in [-0.05, 0) is 61.8 Å². The zero-order valence-corrected chi connectivity index (χ0v) is 17.1. The summed E-state index contributed by atoms with van der Waals surface area (Å²) in [6.07, 6.45) is 9.97. The highest BCUT2D eigenvalue weighted by Crippen LogP contribution is 2.26. The van der Waals surface area contributed by atoms with E-state index in [0.29, 0.717) is 23.2 Å². The van der Waals surface area contributed by atoms with E-state index in [1.165, 1.54) is 12.1 Å². The van der Waals surface area contributed by atoms with E-state index < -0.39 is 0 Å². The lowest BCUT2D eigenvalue weighted by Gasteiger charge is -2.22. The van der Waals surface area contributed by atoms with E-state index >= 15 is 0 Å². The largest absolute Gasteiger partial charge is 0.321 e. The van der Waals surface area contributed by atoms with E-state index in [1.807, 2.05) is 29.3 Å². The molecule has 1 saturated heterocycles. The summed E-state index contributed by atoms with van der Waals surface area (Å²) in [5.74, 6) is -0.303. The molecule has 0 spiro atoms. The second-order valence-electron chi connectivity index (χ2n) is 7.57. The summed E-state index contributed by atoms with van der Waals surface area (Å²) < 4.78 is 17.5. The third kappa shape index (κ3) is 3.78. The van der Waals surface area contributed by atoms with E-state index in [2.05, 4.69) is 37.8 Å². The molecular formula is C22H22ClFN6. The molecule has 4 aromatic rings. The molecule has 5 rings (SSSR count). The number of aromatic nitrogens is 4. The maximum absolute atomic E-state index is 13.5. The van der Waals surface area contributed by atoms with Crippen LogP contribution in [0, 0.1) is 5.82 Å². The first-order chi connectivity index (χ1) is 14.7. The van der Waals surface area contributed by atoms with Gasteiger partial charge in [0.05, 0.1) is 29.8 Å².